The lowest BCUT2D eigenvalue weighted by Gasteiger charge is -2.24. The number of rotatable bonds is 9. The van der Waals surface area contributed by atoms with Crippen molar-refractivity contribution < 1.29 is 17.9 Å². The van der Waals surface area contributed by atoms with Gasteiger partial charge in [-0.3, -0.25) is 9.10 Å². The molecule has 3 aromatic carbocycles. The fourth-order valence-corrected chi connectivity index (χ4v) is 5.05. The summed E-state index contributed by atoms with van der Waals surface area (Å²) in [5.41, 5.74) is 2.59. The number of hydrogen-bond acceptors (Lipinski definition) is 4. The van der Waals surface area contributed by atoms with Gasteiger partial charge in [-0.25, -0.2) is 8.42 Å². The Morgan fingerprint density at radius 1 is 0.969 bits per heavy atom. The molecule has 0 saturated carbocycles. The van der Waals surface area contributed by atoms with Gasteiger partial charge in [-0.2, -0.15) is 0 Å². The number of benzene rings is 3. The van der Waals surface area contributed by atoms with Gasteiger partial charge < -0.3 is 10.1 Å². The summed E-state index contributed by atoms with van der Waals surface area (Å²) >= 11 is 3.36. The van der Waals surface area contributed by atoms with Crippen molar-refractivity contribution in [2.45, 2.75) is 18.7 Å². The molecule has 3 aromatic rings. The van der Waals surface area contributed by atoms with E-state index < -0.39 is 15.9 Å². The first-order valence-corrected chi connectivity index (χ1v) is 12.3. The van der Waals surface area contributed by atoms with Crippen LogP contribution < -0.4 is 14.4 Å². The average molecular weight is 517 g/mol. The average Bonchev–Trinajstić information content (AvgIpc) is 2.75. The third-order valence-corrected chi connectivity index (χ3v) is 6.88. The highest BCUT2D eigenvalue weighted by molar-refractivity contribution is 9.10. The van der Waals surface area contributed by atoms with E-state index in [1.807, 2.05) is 26.0 Å². The molecule has 0 radical (unpaired) electrons. The minimum atomic E-state index is -3.93. The number of ether oxygens (including phenoxy) is 1. The Morgan fingerprint density at radius 3 is 2.31 bits per heavy atom. The molecule has 1 N–H and O–H groups in total. The van der Waals surface area contributed by atoms with Crippen LogP contribution in [0.15, 0.2) is 82.2 Å². The van der Waals surface area contributed by atoms with E-state index in [1.54, 1.807) is 42.5 Å². The van der Waals surface area contributed by atoms with Crippen molar-refractivity contribution in [3.63, 3.8) is 0 Å². The fraction of sp³-hybridized carbons (Fsp3) is 0.208. The van der Waals surface area contributed by atoms with Gasteiger partial charge in [0.05, 0.1) is 17.1 Å². The van der Waals surface area contributed by atoms with Crippen molar-refractivity contribution in [2.75, 3.05) is 24.0 Å². The van der Waals surface area contributed by atoms with E-state index in [9.17, 15) is 13.2 Å². The van der Waals surface area contributed by atoms with Crippen molar-refractivity contribution in [3.8, 4) is 5.75 Å². The normalized spacial score (nSPS) is 11.1. The summed E-state index contributed by atoms with van der Waals surface area (Å²) in [6.07, 6.45) is 0. The maximum absolute atomic E-state index is 13.3. The van der Waals surface area contributed by atoms with E-state index in [0.29, 0.717) is 10.2 Å². The molecule has 0 saturated heterocycles. The topological polar surface area (TPSA) is 75.7 Å². The third kappa shape index (κ3) is 6.34. The van der Waals surface area contributed by atoms with Gasteiger partial charge in [0.1, 0.15) is 18.9 Å². The molecule has 0 unspecified atom stereocenters. The Balaban J connectivity index is 1.68. The highest BCUT2D eigenvalue weighted by atomic mass is 79.9. The number of carbonyl (C=O) groups is 1. The van der Waals surface area contributed by atoms with Gasteiger partial charge in [0.25, 0.3) is 10.0 Å². The standard InChI is InChI=1S/C24H25BrN2O4S/c1-18-13-19(2)15-22(14-18)31-12-11-26-24(28)17-27(21-8-6-7-20(25)16-21)32(29,30)23-9-4-3-5-10-23/h3-10,13-16H,11-12,17H2,1-2H3,(H,26,28). The highest BCUT2D eigenvalue weighted by Gasteiger charge is 2.27. The number of amides is 1. The number of hydrogen-bond donors (Lipinski definition) is 1. The molecule has 1 amide bonds. The van der Waals surface area contributed by atoms with Gasteiger partial charge >= 0.3 is 0 Å². The molecule has 0 aromatic heterocycles. The van der Waals surface area contributed by atoms with Gasteiger partial charge in [0.2, 0.25) is 5.91 Å². The maximum Gasteiger partial charge on any atom is 0.264 e. The Labute approximate surface area is 197 Å². The molecule has 32 heavy (non-hydrogen) atoms. The minimum Gasteiger partial charge on any atom is -0.492 e. The van der Waals surface area contributed by atoms with Gasteiger partial charge in [-0.15, -0.1) is 0 Å². The predicted octanol–water partition coefficient (Wildman–Crippen LogP) is 4.46. The molecule has 0 fully saturated rings. The van der Waals surface area contributed by atoms with Crippen LogP contribution in [0.3, 0.4) is 0 Å². The van der Waals surface area contributed by atoms with E-state index in [-0.39, 0.29) is 24.6 Å². The lowest BCUT2D eigenvalue weighted by Crippen LogP contribution is -2.41. The molecular weight excluding hydrogens is 492 g/mol. The fourth-order valence-electron chi connectivity index (χ4n) is 3.23. The number of aryl methyl sites for hydroxylation is 2. The molecule has 0 bridgehead atoms. The number of carbonyl (C=O) groups excluding carboxylic acids is 1. The Bertz CT molecular complexity index is 1160. The quantitative estimate of drug-likeness (QED) is 0.426. The highest BCUT2D eigenvalue weighted by Crippen LogP contribution is 2.26. The zero-order chi connectivity index (χ0) is 23.1. The molecule has 0 aliphatic rings. The van der Waals surface area contributed by atoms with Crippen molar-refractivity contribution >= 4 is 37.5 Å². The van der Waals surface area contributed by atoms with Crippen LogP contribution in [0.25, 0.3) is 0 Å². The van der Waals surface area contributed by atoms with Crippen LogP contribution in [0.5, 0.6) is 5.75 Å². The van der Waals surface area contributed by atoms with Gasteiger partial charge in [-0.05, 0) is 67.4 Å². The molecule has 168 valence electrons. The van der Waals surface area contributed by atoms with E-state index in [4.69, 9.17) is 4.74 Å². The van der Waals surface area contributed by atoms with Crippen LogP contribution in [-0.4, -0.2) is 34.0 Å². The smallest absolute Gasteiger partial charge is 0.264 e. The first-order valence-electron chi connectivity index (χ1n) is 10.1. The van der Waals surface area contributed by atoms with Crippen molar-refractivity contribution in [1.29, 1.82) is 0 Å². The third-order valence-electron chi connectivity index (χ3n) is 4.60. The maximum atomic E-state index is 13.3. The summed E-state index contributed by atoms with van der Waals surface area (Å²) in [7, 11) is -3.93. The largest absolute Gasteiger partial charge is 0.492 e. The van der Waals surface area contributed by atoms with E-state index in [0.717, 1.165) is 21.2 Å². The Kier molecular flexibility index (Phi) is 7.93. The SMILES string of the molecule is Cc1cc(C)cc(OCCNC(=O)CN(c2cccc(Br)c2)S(=O)(=O)c2ccccc2)c1. The van der Waals surface area contributed by atoms with Crippen molar-refractivity contribution in [1.82, 2.24) is 5.32 Å². The van der Waals surface area contributed by atoms with Gasteiger partial charge in [-0.1, -0.05) is 46.3 Å². The lowest BCUT2D eigenvalue weighted by atomic mass is 10.1. The van der Waals surface area contributed by atoms with E-state index in [2.05, 4.69) is 27.3 Å². The monoisotopic (exact) mass is 516 g/mol. The van der Waals surface area contributed by atoms with Crippen LogP contribution in [-0.2, 0) is 14.8 Å². The van der Waals surface area contributed by atoms with Crippen LogP contribution in [0, 0.1) is 13.8 Å². The number of nitrogens with zero attached hydrogens (tertiary/aromatic N) is 1. The summed E-state index contributed by atoms with van der Waals surface area (Å²) in [5.74, 6) is 0.313. The molecule has 3 rings (SSSR count). The Hall–Kier alpha value is -2.84. The summed E-state index contributed by atoms with van der Waals surface area (Å²) < 4.78 is 34.1. The molecule has 0 aliphatic carbocycles. The molecule has 0 heterocycles. The summed E-state index contributed by atoms with van der Waals surface area (Å²) in [6.45, 7) is 4.16. The second kappa shape index (κ2) is 10.7. The number of nitrogens with one attached hydrogen (secondary N) is 1. The van der Waals surface area contributed by atoms with Gasteiger partial charge in [0.15, 0.2) is 0 Å². The van der Waals surface area contributed by atoms with Crippen LogP contribution in [0.4, 0.5) is 5.69 Å². The number of halogens is 1. The van der Waals surface area contributed by atoms with Crippen LogP contribution >= 0.6 is 15.9 Å². The molecule has 0 atom stereocenters. The summed E-state index contributed by atoms with van der Waals surface area (Å²) in [5, 5.41) is 2.74. The van der Waals surface area contributed by atoms with Crippen LogP contribution in [0.2, 0.25) is 0 Å². The van der Waals surface area contributed by atoms with E-state index >= 15 is 0 Å². The first-order chi connectivity index (χ1) is 15.3. The Morgan fingerprint density at radius 2 is 1.66 bits per heavy atom. The number of anilines is 1. The van der Waals surface area contributed by atoms with Crippen LogP contribution in [0.1, 0.15) is 11.1 Å². The van der Waals surface area contributed by atoms with Crippen molar-refractivity contribution in [3.05, 3.63) is 88.4 Å². The second-order valence-corrected chi connectivity index (χ2v) is 10.1. The van der Waals surface area contributed by atoms with E-state index in [1.165, 1.54) is 12.1 Å². The second-order valence-electron chi connectivity index (χ2n) is 7.33. The zero-order valence-electron chi connectivity index (χ0n) is 17.9. The summed E-state index contributed by atoms with van der Waals surface area (Å²) in [4.78, 5) is 12.7. The van der Waals surface area contributed by atoms with Crippen molar-refractivity contribution in [2.24, 2.45) is 0 Å². The zero-order valence-corrected chi connectivity index (χ0v) is 20.3. The lowest BCUT2D eigenvalue weighted by molar-refractivity contribution is -0.119. The molecule has 0 spiro atoms. The summed E-state index contributed by atoms with van der Waals surface area (Å²) in [6, 6.07) is 20.8. The molecule has 6 nitrogen and oxygen atoms in total. The minimum absolute atomic E-state index is 0.117. The molecule has 8 heteroatoms. The molecule has 0 aliphatic heterocycles. The number of sulfonamides is 1. The van der Waals surface area contributed by atoms with Gasteiger partial charge in [0, 0.05) is 4.47 Å². The molecular formula is C24H25BrN2O4S. The first kappa shape index (κ1) is 23.8. The predicted molar refractivity (Wildman–Crippen MR) is 130 cm³/mol.